The number of hydrogen-bond donors (Lipinski definition) is 0. The van der Waals surface area contributed by atoms with E-state index >= 15 is 0 Å². The summed E-state index contributed by atoms with van der Waals surface area (Å²) < 4.78 is 10.7. The molecule has 1 aromatic carbocycles. The molecule has 0 bridgehead atoms. The fraction of sp³-hybridized carbons (Fsp3) is 0.438. The van der Waals surface area contributed by atoms with Gasteiger partial charge in [0.2, 0.25) is 5.89 Å². The van der Waals surface area contributed by atoms with Crippen LogP contribution in [-0.4, -0.2) is 23.0 Å². The maximum atomic E-state index is 11.3. The molecule has 0 radical (unpaired) electrons. The van der Waals surface area contributed by atoms with Gasteiger partial charge in [-0.15, -0.1) is 0 Å². The Bertz CT molecular complexity index is 626. The highest BCUT2D eigenvalue weighted by Crippen LogP contribution is 2.30. The molecule has 1 fully saturated rings. The van der Waals surface area contributed by atoms with Crippen LogP contribution in [0.3, 0.4) is 0 Å². The van der Waals surface area contributed by atoms with Crippen LogP contribution in [0, 0.1) is 0 Å². The van der Waals surface area contributed by atoms with Gasteiger partial charge in [0, 0.05) is 30.7 Å². The fourth-order valence-electron chi connectivity index (χ4n) is 2.71. The maximum absolute atomic E-state index is 11.3. The Kier molecular flexibility index (Phi) is 3.99. The van der Waals surface area contributed by atoms with Gasteiger partial charge in [0.25, 0.3) is 0 Å². The number of methoxy groups -OCH3 is 1. The third kappa shape index (κ3) is 3.12. The van der Waals surface area contributed by atoms with Crippen LogP contribution in [0.15, 0.2) is 28.8 Å². The normalized spacial score (nSPS) is 16.1. The van der Waals surface area contributed by atoms with Gasteiger partial charge in [0.1, 0.15) is 11.5 Å². The summed E-state index contributed by atoms with van der Waals surface area (Å²) in [6.45, 7) is 0. The van der Waals surface area contributed by atoms with Crippen LogP contribution in [0.5, 0.6) is 5.75 Å². The van der Waals surface area contributed by atoms with Crippen molar-refractivity contribution in [3.63, 3.8) is 0 Å². The highest BCUT2D eigenvalue weighted by Gasteiger charge is 2.25. The summed E-state index contributed by atoms with van der Waals surface area (Å²) in [4.78, 5) is 15.8. The predicted octanol–water partition coefficient (Wildman–Crippen LogP) is 2.90. The van der Waals surface area contributed by atoms with E-state index < -0.39 is 0 Å². The Morgan fingerprint density at radius 1 is 1.29 bits per heavy atom. The van der Waals surface area contributed by atoms with Crippen molar-refractivity contribution in [3.8, 4) is 5.75 Å². The fourth-order valence-corrected chi connectivity index (χ4v) is 2.71. The van der Waals surface area contributed by atoms with E-state index in [4.69, 9.17) is 9.26 Å². The molecule has 0 amide bonds. The van der Waals surface area contributed by atoms with Crippen molar-refractivity contribution in [3.05, 3.63) is 41.5 Å². The monoisotopic (exact) mass is 286 g/mol. The second-order valence-electron chi connectivity index (χ2n) is 5.35. The standard InChI is InChI=1S/C16H18N2O3/c1-20-14-5-3-2-4-12(14)10-15-17-16(21-18-15)11-6-8-13(19)9-7-11/h2-5,11H,6-10H2,1H3. The van der Waals surface area contributed by atoms with Crippen molar-refractivity contribution < 1.29 is 14.1 Å². The van der Waals surface area contributed by atoms with Gasteiger partial charge in [0.15, 0.2) is 5.82 Å². The number of hydrogen-bond acceptors (Lipinski definition) is 5. The molecular formula is C16H18N2O3. The van der Waals surface area contributed by atoms with Gasteiger partial charge in [-0.3, -0.25) is 4.79 Å². The first-order valence-corrected chi connectivity index (χ1v) is 7.22. The number of ketones is 1. The number of ether oxygens (including phenoxy) is 1. The molecule has 5 nitrogen and oxygen atoms in total. The minimum absolute atomic E-state index is 0.224. The highest BCUT2D eigenvalue weighted by atomic mass is 16.5. The molecule has 1 heterocycles. The highest BCUT2D eigenvalue weighted by molar-refractivity contribution is 5.79. The topological polar surface area (TPSA) is 65.2 Å². The van der Waals surface area contributed by atoms with Crippen molar-refractivity contribution in [1.82, 2.24) is 10.1 Å². The lowest BCUT2D eigenvalue weighted by Gasteiger charge is -2.16. The molecule has 1 aliphatic carbocycles. The molecule has 0 aliphatic heterocycles. The van der Waals surface area contributed by atoms with E-state index in [0.717, 1.165) is 24.2 Å². The Balaban J connectivity index is 1.72. The molecule has 0 spiro atoms. The molecule has 0 unspecified atom stereocenters. The quantitative estimate of drug-likeness (QED) is 0.864. The molecule has 0 saturated heterocycles. The smallest absolute Gasteiger partial charge is 0.229 e. The molecular weight excluding hydrogens is 268 g/mol. The lowest BCUT2D eigenvalue weighted by molar-refractivity contribution is -0.120. The Labute approximate surface area is 123 Å². The number of carbonyl (C=O) groups excluding carboxylic acids is 1. The maximum Gasteiger partial charge on any atom is 0.229 e. The minimum Gasteiger partial charge on any atom is -0.496 e. The van der Waals surface area contributed by atoms with E-state index in [1.54, 1.807) is 7.11 Å². The molecule has 2 aromatic rings. The Morgan fingerprint density at radius 3 is 2.81 bits per heavy atom. The van der Waals surface area contributed by atoms with Crippen molar-refractivity contribution in [1.29, 1.82) is 0 Å². The van der Waals surface area contributed by atoms with Crippen molar-refractivity contribution in [2.24, 2.45) is 0 Å². The van der Waals surface area contributed by atoms with E-state index in [1.165, 1.54) is 0 Å². The second kappa shape index (κ2) is 6.08. The van der Waals surface area contributed by atoms with Crippen LogP contribution in [0.1, 0.15) is 48.9 Å². The zero-order chi connectivity index (χ0) is 14.7. The lowest BCUT2D eigenvalue weighted by Crippen LogP contribution is -2.12. The van der Waals surface area contributed by atoms with E-state index in [9.17, 15) is 4.79 Å². The summed E-state index contributed by atoms with van der Waals surface area (Å²) in [5.74, 6) is 2.70. The van der Waals surface area contributed by atoms with Gasteiger partial charge in [-0.05, 0) is 18.9 Å². The molecule has 21 heavy (non-hydrogen) atoms. The number of para-hydroxylation sites is 1. The second-order valence-corrected chi connectivity index (χ2v) is 5.35. The molecule has 1 aliphatic rings. The summed E-state index contributed by atoms with van der Waals surface area (Å²) in [6, 6.07) is 7.81. The van der Waals surface area contributed by atoms with Crippen molar-refractivity contribution in [2.45, 2.75) is 38.0 Å². The number of rotatable bonds is 4. The van der Waals surface area contributed by atoms with Crippen LogP contribution < -0.4 is 4.74 Å². The average molecular weight is 286 g/mol. The van der Waals surface area contributed by atoms with Crippen LogP contribution in [0.2, 0.25) is 0 Å². The van der Waals surface area contributed by atoms with E-state index in [2.05, 4.69) is 10.1 Å². The zero-order valence-electron chi connectivity index (χ0n) is 12.0. The summed E-state index contributed by atoms with van der Waals surface area (Å²) in [7, 11) is 1.65. The third-order valence-electron chi connectivity index (χ3n) is 3.92. The summed E-state index contributed by atoms with van der Waals surface area (Å²) in [6.07, 6.45) is 3.45. The van der Waals surface area contributed by atoms with Crippen LogP contribution in [0.25, 0.3) is 0 Å². The van der Waals surface area contributed by atoms with Crippen molar-refractivity contribution >= 4 is 5.78 Å². The third-order valence-corrected chi connectivity index (χ3v) is 3.92. The molecule has 5 heteroatoms. The van der Waals surface area contributed by atoms with Crippen LogP contribution >= 0.6 is 0 Å². The number of aromatic nitrogens is 2. The minimum atomic E-state index is 0.224. The summed E-state index contributed by atoms with van der Waals surface area (Å²) in [5, 5.41) is 4.05. The first kappa shape index (κ1) is 13.8. The SMILES string of the molecule is COc1ccccc1Cc1noc(C2CCC(=O)CC2)n1. The van der Waals surface area contributed by atoms with Crippen LogP contribution in [0.4, 0.5) is 0 Å². The first-order valence-electron chi connectivity index (χ1n) is 7.22. The summed E-state index contributed by atoms with van der Waals surface area (Å²) >= 11 is 0. The van der Waals surface area contributed by atoms with Gasteiger partial charge in [-0.1, -0.05) is 23.4 Å². The molecule has 1 saturated carbocycles. The van der Waals surface area contributed by atoms with Gasteiger partial charge in [0.05, 0.1) is 7.11 Å². The van der Waals surface area contributed by atoms with E-state index in [-0.39, 0.29) is 5.92 Å². The summed E-state index contributed by atoms with van der Waals surface area (Å²) in [5.41, 5.74) is 1.03. The number of benzene rings is 1. The Morgan fingerprint density at radius 2 is 2.05 bits per heavy atom. The molecule has 0 atom stereocenters. The molecule has 3 rings (SSSR count). The molecule has 1 aromatic heterocycles. The molecule has 0 N–H and O–H groups in total. The van der Waals surface area contributed by atoms with E-state index in [0.29, 0.717) is 36.8 Å². The van der Waals surface area contributed by atoms with Gasteiger partial charge in [-0.2, -0.15) is 4.98 Å². The van der Waals surface area contributed by atoms with Gasteiger partial charge in [-0.25, -0.2) is 0 Å². The largest absolute Gasteiger partial charge is 0.496 e. The van der Waals surface area contributed by atoms with Crippen LogP contribution in [-0.2, 0) is 11.2 Å². The average Bonchev–Trinajstić information content (AvgIpc) is 2.97. The Hall–Kier alpha value is -2.17. The van der Waals surface area contributed by atoms with Crippen molar-refractivity contribution in [2.75, 3.05) is 7.11 Å². The first-order chi connectivity index (χ1) is 10.3. The number of Topliss-reactive ketones (excluding diaryl/α,β-unsaturated/α-hetero) is 1. The van der Waals surface area contributed by atoms with E-state index in [1.807, 2.05) is 24.3 Å². The number of carbonyl (C=O) groups is 1. The zero-order valence-corrected chi connectivity index (χ0v) is 12.0. The molecule has 110 valence electrons. The predicted molar refractivity (Wildman–Crippen MR) is 76.3 cm³/mol. The lowest BCUT2D eigenvalue weighted by atomic mass is 9.88. The number of nitrogens with zero attached hydrogens (tertiary/aromatic N) is 2. The van der Waals surface area contributed by atoms with Gasteiger partial charge < -0.3 is 9.26 Å². The van der Waals surface area contributed by atoms with Gasteiger partial charge >= 0.3 is 0 Å².